The molecule has 0 fully saturated rings. The molecule has 4 nitrogen and oxygen atoms in total. The molecule has 3 aromatic rings. The van der Waals surface area contributed by atoms with Crippen LogP contribution in [-0.2, 0) is 12.8 Å². The van der Waals surface area contributed by atoms with Crippen molar-refractivity contribution in [2.75, 3.05) is 11.1 Å². The predicted octanol–water partition coefficient (Wildman–Crippen LogP) is 6.59. The molecule has 29 heavy (non-hydrogen) atoms. The molecule has 4 rings (SSSR count). The van der Waals surface area contributed by atoms with Crippen molar-refractivity contribution in [3.8, 4) is 0 Å². The largest absolute Gasteiger partial charge is 0.397 e. The number of nitrogens with zero attached hydrogens (tertiary/aromatic N) is 1. The van der Waals surface area contributed by atoms with Crippen LogP contribution in [-0.4, -0.2) is 10.9 Å². The molecule has 0 radical (unpaired) electrons. The molecule has 3 N–H and O–H groups in total. The monoisotopic (exact) mass is 447 g/mol. The van der Waals surface area contributed by atoms with Gasteiger partial charge in [-0.1, -0.05) is 50.0 Å². The zero-order valence-electron chi connectivity index (χ0n) is 16.6. The number of nitrogen functional groups attached to an aromatic ring is 1. The lowest BCUT2D eigenvalue weighted by molar-refractivity contribution is 0.103. The highest BCUT2D eigenvalue weighted by Gasteiger charge is 2.30. The number of hydrogen-bond acceptors (Lipinski definition) is 4. The standard InChI is InChI=1S/C22H23Cl2N3OS/c1-22(2,3)12-7-8-15-11(9-12)10-13-18(25)19(29-21(13)27-15)20(28)26-16-6-4-5-14(23)17(16)24/h4-6,10,12H,7-9,25H2,1-3H3,(H,26,28). The average Bonchev–Trinajstić information content (AvgIpc) is 2.98. The van der Waals surface area contributed by atoms with Gasteiger partial charge < -0.3 is 11.1 Å². The fourth-order valence-electron chi connectivity index (χ4n) is 3.88. The molecule has 1 aliphatic carbocycles. The Morgan fingerprint density at radius 1 is 1.31 bits per heavy atom. The number of aryl methyl sites for hydroxylation is 1. The molecule has 0 aliphatic heterocycles. The minimum atomic E-state index is -0.305. The van der Waals surface area contributed by atoms with Crippen molar-refractivity contribution in [2.24, 2.45) is 11.3 Å². The zero-order valence-corrected chi connectivity index (χ0v) is 18.9. The first-order chi connectivity index (χ1) is 13.6. The molecule has 0 saturated heterocycles. The van der Waals surface area contributed by atoms with E-state index >= 15 is 0 Å². The second kappa shape index (κ2) is 7.46. The van der Waals surface area contributed by atoms with Crippen molar-refractivity contribution >= 4 is 62.0 Å². The number of fused-ring (bicyclic) bond motifs is 2. The van der Waals surface area contributed by atoms with E-state index in [1.54, 1.807) is 18.2 Å². The molecule has 1 aliphatic rings. The van der Waals surface area contributed by atoms with Crippen molar-refractivity contribution in [1.82, 2.24) is 4.98 Å². The quantitative estimate of drug-likeness (QED) is 0.465. The summed E-state index contributed by atoms with van der Waals surface area (Å²) < 4.78 is 0. The molecule has 1 unspecified atom stereocenters. The van der Waals surface area contributed by atoms with Gasteiger partial charge in [0.2, 0.25) is 0 Å². The highest BCUT2D eigenvalue weighted by molar-refractivity contribution is 7.21. The summed E-state index contributed by atoms with van der Waals surface area (Å²) in [5, 5.41) is 4.36. The molecule has 0 bridgehead atoms. The van der Waals surface area contributed by atoms with Crippen LogP contribution in [0.1, 0.15) is 48.1 Å². The summed E-state index contributed by atoms with van der Waals surface area (Å²) in [5.41, 5.74) is 9.93. The number of hydrogen-bond donors (Lipinski definition) is 2. The Bertz CT molecular complexity index is 1120. The molecule has 7 heteroatoms. The van der Waals surface area contributed by atoms with Gasteiger partial charge >= 0.3 is 0 Å². The van der Waals surface area contributed by atoms with Gasteiger partial charge in [-0.2, -0.15) is 0 Å². The van der Waals surface area contributed by atoms with Crippen LogP contribution in [0.15, 0.2) is 24.3 Å². The molecular weight excluding hydrogens is 425 g/mol. The van der Waals surface area contributed by atoms with Crippen LogP contribution >= 0.6 is 34.5 Å². The van der Waals surface area contributed by atoms with E-state index in [1.807, 2.05) is 0 Å². The first-order valence-electron chi connectivity index (χ1n) is 9.61. The first-order valence-corrected chi connectivity index (χ1v) is 11.2. The molecule has 0 spiro atoms. The maximum Gasteiger partial charge on any atom is 0.267 e. The maximum absolute atomic E-state index is 12.9. The normalized spacial score (nSPS) is 16.7. The Morgan fingerprint density at radius 2 is 2.07 bits per heavy atom. The smallest absolute Gasteiger partial charge is 0.267 e. The number of pyridine rings is 1. The third kappa shape index (κ3) is 3.83. The number of carbonyl (C=O) groups is 1. The van der Waals surface area contributed by atoms with Crippen molar-refractivity contribution < 1.29 is 4.79 Å². The van der Waals surface area contributed by atoms with Crippen LogP contribution < -0.4 is 11.1 Å². The Labute approximate surface area is 184 Å². The summed E-state index contributed by atoms with van der Waals surface area (Å²) in [5.74, 6) is 0.307. The fourth-order valence-corrected chi connectivity index (χ4v) is 5.22. The molecule has 1 aromatic carbocycles. The van der Waals surface area contributed by atoms with E-state index in [4.69, 9.17) is 33.9 Å². The topological polar surface area (TPSA) is 68.0 Å². The first kappa shape index (κ1) is 20.5. The number of carbonyl (C=O) groups excluding carboxylic acids is 1. The van der Waals surface area contributed by atoms with Crippen molar-refractivity contribution in [2.45, 2.75) is 40.0 Å². The number of aromatic nitrogens is 1. The number of rotatable bonds is 2. The number of thiophene rings is 1. The third-order valence-electron chi connectivity index (χ3n) is 5.72. The van der Waals surface area contributed by atoms with Crippen molar-refractivity contribution in [3.63, 3.8) is 0 Å². The van der Waals surface area contributed by atoms with Gasteiger partial charge in [0.05, 0.1) is 21.4 Å². The Morgan fingerprint density at radius 3 is 2.79 bits per heavy atom. The van der Waals surface area contributed by atoms with Crippen LogP contribution in [0.2, 0.25) is 10.0 Å². The minimum absolute atomic E-state index is 0.258. The van der Waals surface area contributed by atoms with Crippen LogP contribution in [0.5, 0.6) is 0 Å². The predicted molar refractivity (Wildman–Crippen MR) is 123 cm³/mol. The summed E-state index contributed by atoms with van der Waals surface area (Å²) in [6.07, 6.45) is 3.10. The number of anilines is 2. The number of benzene rings is 1. The molecule has 152 valence electrons. The Hall–Kier alpha value is -1.82. The SMILES string of the molecule is CC(C)(C)C1CCc2nc3sc(C(=O)Nc4cccc(Cl)c4Cl)c(N)c3cc2C1. The lowest BCUT2D eigenvalue weighted by atomic mass is 9.71. The van der Waals surface area contributed by atoms with Crippen LogP contribution in [0.4, 0.5) is 11.4 Å². The summed E-state index contributed by atoms with van der Waals surface area (Å²) in [6.45, 7) is 6.87. The minimum Gasteiger partial charge on any atom is -0.397 e. The van der Waals surface area contributed by atoms with E-state index in [-0.39, 0.29) is 11.3 Å². The molecule has 2 heterocycles. The van der Waals surface area contributed by atoms with Crippen LogP contribution in [0, 0.1) is 11.3 Å². The number of halogens is 2. The van der Waals surface area contributed by atoms with Crippen molar-refractivity contribution in [1.29, 1.82) is 0 Å². The molecule has 0 saturated carbocycles. The number of nitrogens with two attached hydrogens (primary N) is 1. The molecule has 1 atom stereocenters. The number of nitrogens with one attached hydrogen (secondary N) is 1. The Balaban J connectivity index is 1.68. The van der Waals surface area contributed by atoms with E-state index in [0.717, 1.165) is 35.2 Å². The summed E-state index contributed by atoms with van der Waals surface area (Å²) in [4.78, 5) is 19.0. The second-order valence-electron chi connectivity index (χ2n) is 8.65. The van der Waals surface area contributed by atoms with Crippen LogP contribution in [0.3, 0.4) is 0 Å². The fraction of sp³-hybridized carbons (Fsp3) is 0.364. The summed E-state index contributed by atoms with van der Waals surface area (Å²) >= 11 is 13.5. The van der Waals surface area contributed by atoms with Gasteiger partial charge in [-0.25, -0.2) is 4.98 Å². The molecular formula is C22H23Cl2N3OS. The lowest BCUT2D eigenvalue weighted by Gasteiger charge is -2.34. The van der Waals surface area contributed by atoms with Gasteiger partial charge in [-0.3, -0.25) is 4.79 Å². The van der Waals surface area contributed by atoms with E-state index < -0.39 is 0 Å². The molecule has 1 amide bonds. The number of amides is 1. The van der Waals surface area contributed by atoms with E-state index in [9.17, 15) is 4.79 Å². The lowest BCUT2D eigenvalue weighted by Crippen LogP contribution is -2.27. The van der Waals surface area contributed by atoms with E-state index in [2.05, 4.69) is 32.2 Å². The maximum atomic E-state index is 12.9. The summed E-state index contributed by atoms with van der Waals surface area (Å²) in [7, 11) is 0. The Kier molecular flexibility index (Phi) is 5.26. The van der Waals surface area contributed by atoms with Gasteiger partial charge in [0.1, 0.15) is 9.71 Å². The van der Waals surface area contributed by atoms with Gasteiger partial charge in [0.15, 0.2) is 0 Å². The zero-order chi connectivity index (χ0) is 20.9. The van der Waals surface area contributed by atoms with E-state index in [1.165, 1.54) is 16.9 Å². The van der Waals surface area contributed by atoms with Gasteiger partial charge in [-0.05, 0) is 54.4 Å². The van der Waals surface area contributed by atoms with Crippen LogP contribution in [0.25, 0.3) is 10.2 Å². The van der Waals surface area contributed by atoms with Crippen molar-refractivity contribution in [3.05, 3.63) is 50.4 Å². The van der Waals surface area contributed by atoms with Gasteiger partial charge in [0.25, 0.3) is 5.91 Å². The highest BCUT2D eigenvalue weighted by atomic mass is 35.5. The van der Waals surface area contributed by atoms with Gasteiger partial charge in [0, 0.05) is 11.1 Å². The average molecular weight is 448 g/mol. The summed E-state index contributed by atoms with van der Waals surface area (Å²) in [6, 6.07) is 7.25. The van der Waals surface area contributed by atoms with E-state index in [0.29, 0.717) is 32.2 Å². The highest BCUT2D eigenvalue weighted by Crippen LogP contribution is 2.40. The second-order valence-corrected chi connectivity index (χ2v) is 10.4. The van der Waals surface area contributed by atoms with Gasteiger partial charge in [-0.15, -0.1) is 11.3 Å². The third-order valence-corrected chi connectivity index (χ3v) is 7.65. The molecule has 2 aromatic heterocycles.